The minimum atomic E-state index is -4.46. The van der Waals surface area contributed by atoms with Crippen LogP contribution < -0.4 is 0 Å². The predicted molar refractivity (Wildman–Crippen MR) is 109 cm³/mol. The largest absolute Gasteiger partial charge is 0.439 e. The molecule has 2 N–H and O–H groups in total. The van der Waals surface area contributed by atoms with Gasteiger partial charge >= 0.3 is 6.09 Å². The number of nitrogens with zero attached hydrogens (tertiary/aromatic N) is 2. The fourth-order valence-corrected chi connectivity index (χ4v) is 5.00. The summed E-state index contributed by atoms with van der Waals surface area (Å²) in [5, 5.41) is 9.46. The quantitative estimate of drug-likeness (QED) is 0.490. The molecule has 4 rings (SSSR count). The molecule has 2 aromatic carbocycles. The standard InChI is InChI=1S/C21H22N2O7S/c24-12-11-16-18(20(25)22(16)13-31(27,28)29)23-17(14-7-3-1-4-8-14)19(30-21(23)26)15-9-5-2-6-10-15/h1-10,16-19,24H,11-13H2,(H,27,28,29). The molecule has 2 fully saturated rings. The molecule has 31 heavy (non-hydrogen) atoms. The number of amides is 2. The molecule has 2 aromatic rings. The van der Waals surface area contributed by atoms with Gasteiger partial charge in [0.15, 0.2) is 6.10 Å². The zero-order valence-corrected chi connectivity index (χ0v) is 17.3. The van der Waals surface area contributed by atoms with Crippen molar-refractivity contribution in [3.8, 4) is 0 Å². The number of β-lactam (4-membered cyclic amide) rings is 1. The van der Waals surface area contributed by atoms with Crippen LogP contribution in [0.1, 0.15) is 29.7 Å². The molecule has 164 valence electrons. The van der Waals surface area contributed by atoms with E-state index in [-0.39, 0.29) is 13.0 Å². The first-order valence-electron chi connectivity index (χ1n) is 9.77. The van der Waals surface area contributed by atoms with Crippen LogP contribution in [0.15, 0.2) is 60.7 Å². The third kappa shape index (κ3) is 4.01. The average molecular weight is 446 g/mol. The van der Waals surface area contributed by atoms with Crippen LogP contribution in [0.2, 0.25) is 0 Å². The Labute approximate surface area is 179 Å². The Morgan fingerprint density at radius 1 is 0.903 bits per heavy atom. The topological polar surface area (TPSA) is 124 Å². The van der Waals surface area contributed by atoms with Crippen molar-refractivity contribution in [2.45, 2.75) is 30.7 Å². The normalized spacial score (nSPS) is 26.0. The van der Waals surface area contributed by atoms with E-state index < -0.39 is 52.2 Å². The van der Waals surface area contributed by atoms with Gasteiger partial charge in [-0.1, -0.05) is 60.7 Å². The molecule has 2 aliphatic rings. The summed E-state index contributed by atoms with van der Waals surface area (Å²) >= 11 is 0. The van der Waals surface area contributed by atoms with Gasteiger partial charge < -0.3 is 14.7 Å². The predicted octanol–water partition coefficient (Wildman–Crippen LogP) is 1.73. The monoisotopic (exact) mass is 446 g/mol. The highest BCUT2D eigenvalue weighted by Gasteiger charge is 2.58. The minimum absolute atomic E-state index is 0.0488. The molecule has 2 aliphatic heterocycles. The van der Waals surface area contributed by atoms with Crippen molar-refractivity contribution in [2.75, 3.05) is 12.5 Å². The molecule has 10 heteroatoms. The Morgan fingerprint density at radius 2 is 1.48 bits per heavy atom. The Kier molecular flexibility index (Phi) is 5.69. The molecular formula is C21H22N2O7S. The maximum atomic E-state index is 13.0. The van der Waals surface area contributed by atoms with Crippen molar-refractivity contribution in [1.29, 1.82) is 0 Å². The molecule has 0 saturated carbocycles. The highest BCUT2D eigenvalue weighted by atomic mass is 32.2. The van der Waals surface area contributed by atoms with Gasteiger partial charge in [-0.15, -0.1) is 0 Å². The maximum Gasteiger partial charge on any atom is 0.411 e. The van der Waals surface area contributed by atoms with E-state index in [0.29, 0.717) is 0 Å². The first-order chi connectivity index (χ1) is 14.8. The van der Waals surface area contributed by atoms with Gasteiger partial charge in [-0.3, -0.25) is 14.2 Å². The zero-order chi connectivity index (χ0) is 22.2. The van der Waals surface area contributed by atoms with Crippen LogP contribution in [0, 0.1) is 0 Å². The van der Waals surface area contributed by atoms with Gasteiger partial charge in [0.05, 0.1) is 6.04 Å². The fraction of sp³-hybridized carbons (Fsp3) is 0.333. The molecule has 0 aliphatic carbocycles. The molecule has 0 aromatic heterocycles. The molecule has 2 heterocycles. The number of hydrogen-bond acceptors (Lipinski definition) is 6. The van der Waals surface area contributed by atoms with Gasteiger partial charge in [0.25, 0.3) is 10.1 Å². The number of aliphatic hydroxyl groups is 1. The van der Waals surface area contributed by atoms with E-state index in [4.69, 9.17) is 4.74 Å². The van der Waals surface area contributed by atoms with Gasteiger partial charge in [0.2, 0.25) is 5.91 Å². The number of ether oxygens (including phenoxy) is 1. The molecule has 4 atom stereocenters. The molecule has 0 radical (unpaired) electrons. The lowest BCUT2D eigenvalue weighted by Crippen LogP contribution is -2.71. The van der Waals surface area contributed by atoms with Gasteiger partial charge in [0, 0.05) is 6.61 Å². The molecule has 0 bridgehead atoms. The van der Waals surface area contributed by atoms with Crippen LogP contribution in [-0.4, -0.2) is 64.4 Å². The number of cyclic esters (lactones) is 1. The summed E-state index contributed by atoms with van der Waals surface area (Å²) in [5.74, 6) is -1.52. The number of rotatable bonds is 7. The molecule has 2 saturated heterocycles. The number of benzene rings is 2. The highest BCUT2D eigenvalue weighted by Crippen LogP contribution is 2.47. The second-order valence-corrected chi connectivity index (χ2v) is 8.94. The smallest absolute Gasteiger partial charge is 0.411 e. The summed E-state index contributed by atoms with van der Waals surface area (Å²) in [5.41, 5.74) is 1.51. The summed E-state index contributed by atoms with van der Waals surface area (Å²) in [4.78, 5) is 28.2. The first kappa shape index (κ1) is 21.3. The Bertz CT molecular complexity index is 1060. The van der Waals surface area contributed by atoms with Crippen molar-refractivity contribution in [1.82, 2.24) is 9.80 Å². The summed E-state index contributed by atoms with van der Waals surface area (Å²) in [7, 11) is -4.46. The number of hydrogen-bond donors (Lipinski definition) is 2. The second kappa shape index (κ2) is 8.29. The summed E-state index contributed by atoms with van der Waals surface area (Å²) < 4.78 is 37.6. The van der Waals surface area contributed by atoms with E-state index >= 15 is 0 Å². The Morgan fingerprint density at radius 3 is 2.03 bits per heavy atom. The first-order valence-corrected chi connectivity index (χ1v) is 11.4. The van der Waals surface area contributed by atoms with Gasteiger partial charge in [-0.25, -0.2) is 4.79 Å². The van der Waals surface area contributed by atoms with Crippen LogP contribution in [0.4, 0.5) is 4.79 Å². The summed E-state index contributed by atoms with van der Waals surface area (Å²) in [6.45, 7) is -0.322. The van der Waals surface area contributed by atoms with Gasteiger partial charge in [-0.2, -0.15) is 8.42 Å². The highest BCUT2D eigenvalue weighted by molar-refractivity contribution is 7.85. The second-order valence-electron chi connectivity index (χ2n) is 7.52. The van der Waals surface area contributed by atoms with Crippen molar-refractivity contribution in [3.05, 3.63) is 71.8 Å². The van der Waals surface area contributed by atoms with Crippen molar-refractivity contribution < 1.29 is 32.4 Å². The van der Waals surface area contributed by atoms with E-state index in [1.807, 2.05) is 60.7 Å². The summed E-state index contributed by atoms with van der Waals surface area (Å²) in [6.07, 6.45) is -1.32. The average Bonchev–Trinajstić information content (AvgIpc) is 3.09. The molecular weight excluding hydrogens is 424 g/mol. The maximum absolute atomic E-state index is 13.0. The number of carbonyl (C=O) groups is 2. The lowest BCUT2D eigenvalue weighted by molar-refractivity contribution is -0.157. The molecule has 0 spiro atoms. The number of aliphatic hydroxyl groups excluding tert-OH is 1. The third-order valence-electron chi connectivity index (χ3n) is 5.62. The van der Waals surface area contributed by atoms with Crippen LogP contribution in [0.25, 0.3) is 0 Å². The molecule has 2 amide bonds. The van der Waals surface area contributed by atoms with E-state index in [0.717, 1.165) is 16.0 Å². The van der Waals surface area contributed by atoms with Gasteiger partial charge in [-0.05, 0) is 17.5 Å². The SMILES string of the molecule is O=C1C(N2C(=O)OC(c3ccccc3)C2c2ccccc2)C(CCO)N1CS(=O)(=O)O. The van der Waals surface area contributed by atoms with Crippen LogP contribution in [0.3, 0.4) is 0 Å². The van der Waals surface area contributed by atoms with Crippen molar-refractivity contribution in [2.24, 2.45) is 0 Å². The zero-order valence-electron chi connectivity index (χ0n) is 16.4. The van der Waals surface area contributed by atoms with E-state index in [9.17, 15) is 27.7 Å². The fourth-order valence-electron chi connectivity index (χ4n) is 4.33. The van der Waals surface area contributed by atoms with Crippen LogP contribution in [-0.2, 0) is 19.6 Å². The van der Waals surface area contributed by atoms with Crippen molar-refractivity contribution >= 4 is 22.1 Å². The number of likely N-dealkylation sites (tertiary alicyclic amines) is 1. The van der Waals surface area contributed by atoms with E-state index in [1.54, 1.807) is 0 Å². The molecule has 4 unspecified atom stereocenters. The Balaban J connectivity index is 1.73. The Hall–Kier alpha value is -2.95. The van der Waals surface area contributed by atoms with Gasteiger partial charge in [0.1, 0.15) is 18.0 Å². The van der Waals surface area contributed by atoms with E-state index in [2.05, 4.69) is 0 Å². The summed E-state index contributed by atoms with van der Waals surface area (Å²) in [6, 6.07) is 15.9. The number of carbonyl (C=O) groups excluding carboxylic acids is 2. The lowest BCUT2D eigenvalue weighted by Gasteiger charge is -2.50. The third-order valence-corrected chi connectivity index (χ3v) is 6.23. The van der Waals surface area contributed by atoms with Crippen molar-refractivity contribution in [3.63, 3.8) is 0 Å². The van der Waals surface area contributed by atoms with E-state index in [1.165, 1.54) is 4.90 Å². The lowest BCUT2D eigenvalue weighted by atomic mass is 9.88. The molecule has 9 nitrogen and oxygen atoms in total. The van der Waals surface area contributed by atoms with Crippen LogP contribution >= 0.6 is 0 Å². The minimum Gasteiger partial charge on any atom is -0.439 e. The van der Waals surface area contributed by atoms with Crippen LogP contribution in [0.5, 0.6) is 0 Å².